The smallest absolute Gasteiger partial charge is 0.315 e. The number of carbonyl (C=O) groups excluding carboxylic acids is 2. The molecule has 0 aromatic heterocycles. The van der Waals surface area contributed by atoms with E-state index in [1.165, 1.54) is 0 Å². The van der Waals surface area contributed by atoms with Crippen molar-refractivity contribution in [3.05, 3.63) is 65.7 Å². The van der Waals surface area contributed by atoms with Gasteiger partial charge < -0.3 is 20.5 Å². The molecule has 0 heterocycles. The molecule has 0 radical (unpaired) electrons. The van der Waals surface area contributed by atoms with Gasteiger partial charge in [0.05, 0.1) is 18.6 Å². The fraction of sp³-hybridized carbons (Fsp3) is 0.364. The van der Waals surface area contributed by atoms with Crippen molar-refractivity contribution in [1.82, 2.24) is 10.6 Å². The second-order valence-electron chi connectivity index (χ2n) is 6.88. The van der Waals surface area contributed by atoms with E-state index in [0.29, 0.717) is 6.54 Å². The minimum absolute atomic E-state index is 0.0725. The second-order valence-corrected chi connectivity index (χ2v) is 6.88. The van der Waals surface area contributed by atoms with E-state index in [1.807, 2.05) is 42.5 Å². The monoisotopic (exact) mass is 384 g/mol. The lowest BCUT2D eigenvalue weighted by Gasteiger charge is -2.19. The van der Waals surface area contributed by atoms with Crippen LogP contribution in [-0.4, -0.2) is 29.8 Å². The van der Waals surface area contributed by atoms with E-state index in [2.05, 4.69) is 10.6 Å². The molecule has 0 spiro atoms. The molecule has 0 fully saturated rings. The predicted octanol–water partition coefficient (Wildman–Crippen LogP) is 3.71. The molecule has 28 heavy (non-hydrogen) atoms. The van der Waals surface area contributed by atoms with Crippen molar-refractivity contribution in [2.75, 3.05) is 6.54 Å². The maximum atomic E-state index is 12.3. The van der Waals surface area contributed by atoms with Crippen LogP contribution in [0.5, 0.6) is 5.75 Å². The third-order valence-corrected chi connectivity index (χ3v) is 4.11. The summed E-state index contributed by atoms with van der Waals surface area (Å²) in [6, 6.07) is 15.6. The van der Waals surface area contributed by atoms with Gasteiger partial charge >= 0.3 is 12.0 Å². The number of esters is 1. The number of phenols is 1. The summed E-state index contributed by atoms with van der Waals surface area (Å²) in [5.74, 6) is -0.110. The van der Waals surface area contributed by atoms with Gasteiger partial charge in [-0.1, -0.05) is 42.5 Å². The van der Waals surface area contributed by atoms with Crippen LogP contribution in [0.3, 0.4) is 0 Å². The van der Waals surface area contributed by atoms with Crippen molar-refractivity contribution in [2.45, 2.75) is 45.3 Å². The van der Waals surface area contributed by atoms with E-state index in [4.69, 9.17) is 4.74 Å². The van der Waals surface area contributed by atoms with Crippen LogP contribution < -0.4 is 10.6 Å². The molecule has 0 saturated carbocycles. The molecule has 0 bridgehead atoms. The zero-order valence-electron chi connectivity index (χ0n) is 16.4. The Labute approximate surface area is 165 Å². The Morgan fingerprint density at radius 3 is 2.36 bits per heavy atom. The van der Waals surface area contributed by atoms with E-state index in [-0.39, 0.29) is 30.3 Å². The van der Waals surface area contributed by atoms with Crippen molar-refractivity contribution in [2.24, 2.45) is 0 Å². The van der Waals surface area contributed by atoms with Crippen molar-refractivity contribution in [1.29, 1.82) is 0 Å². The van der Waals surface area contributed by atoms with Crippen LogP contribution in [0, 0.1) is 0 Å². The number of urea groups is 1. The third kappa shape index (κ3) is 7.70. The Kier molecular flexibility index (Phi) is 8.34. The summed E-state index contributed by atoms with van der Waals surface area (Å²) in [5, 5.41) is 15.0. The second kappa shape index (κ2) is 11.0. The van der Waals surface area contributed by atoms with Gasteiger partial charge in [0.1, 0.15) is 5.75 Å². The summed E-state index contributed by atoms with van der Waals surface area (Å²) in [7, 11) is 0. The average molecular weight is 384 g/mol. The first kappa shape index (κ1) is 21.3. The third-order valence-electron chi connectivity index (χ3n) is 4.11. The normalized spacial score (nSPS) is 11.7. The quantitative estimate of drug-likeness (QED) is 0.454. The molecular weight excluding hydrogens is 356 g/mol. The number of hydrogen-bond donors (Lipinski definition) is 3. The molecule has 6 nitrogen and oxygen atoms in total. The zero-order valence-corrected chi connectivity index (χ0v) is 16.4. The Morgan fingerprint density at radius 1 is 1.04 bits per heavy atom. The highest BCUT2D eigenvalue weighted by Crippen LogP contribution is 2.17. The number of hydrogen-bond acceptors (Lipinski definition) is 4. The Bertz CT molecular complexity index is 745. The van der Waals surface area contributed by atoms with Crippen molar-refractivity contribution in [3.8, 4) is 5.75 Å². The Balaban J connectivity index is 1.83. The number of aryl methyl sites for hydroxylation is 1. The van der Waals surface area contributed by atoms with Crippen LogP contribution in [0.25, 0.3) is 0 Å². The highest BCUT2D eigenvalue weighted by atomic mass is 16.5. The van der Waals surface area contributed by atoms with Crippen LogP contribution >= 0.6 is 0 Å². The molecule has 1 unspecified atom stereocenters. The molecule has 1 atom stereocenters. The van der Waals surface area contributed by atoms with Gasteiger partial charge in [0, 0.05) is 6.54 Å². The Hall–Kier alpha value is -3.02. The number of aromatic hydroxyl groups is 1. The number of benzene rings is 2. The molecule has 0 aliphatic carbocycles. The van der Waals surface area contributed by atoms with Crippen LogP contribution in [0.2, 0.25) is 0 Å². The van der Waals surface area contributed by atoms with E-state index in [0.717, 1.165) is 24.0 Å². The summed E-state index contributed by atoms with van der Waals surface area (Å²) in [6.45, 7) is 4.10. The van der Waals surface area contributed by atoms with E-state index in [1.54, 1.807) is 26.0 Å². The standard InChI is InChI=1S/C22H28N2O4/c1-16(2)28-21(26)15-20(18-8-4-3-5-9-18)24-22(27)23-14-6-7-17-10-12-19(25)13-11-17/h3-5,8-13,16,20,25H,6-7,14-15H2,1-2H3,(H2,23,24,27). The molecule has 2 aromatic carbocycles. The van der Waals surface area contributed by atoms with Gasteiger partial charge in [0.25, 0.3) is 0 Å². The summed E-state index contributed by atoms with van der Waals surface area (Å²) in [4.78, 5) is 24.3. The largest absolute Gasteiger partial charge is 0.508 e. The molecule has 0 aliphatic heterocycles. The molecule has 0 aliphatic rings. The molecule has 2 amide bonds. The minimum Gasteiger partial charge on any atom is -0.508 e. The van der Waals surface area contributed by atoms with E-state index >= 15 is 0 Å². The zero-order chi connectivity index (χ0) is 20.4. The molecule has 150 valence electrons. The number of phenolic OH excluding ortho intramolecular Hbond substituents is 1. The van der Waals surface area contributed by atoms with Gasteiger partial charge in [0.2, 0.25) is 0 Å². The predicted molar refractivity (Wildman–Crippen MR) is 108 cm³/mol. The molecule has 0 saturated heterocycles. The van der Waals surface area contributed by atoms with Gasteiger partial charge in [-0.2, -0.15) is 0 Å². The molecule has 2 aromatic rings. The maximum Gasteiger partial charge on any atom is 0.315 e. The first-order valence-corrected chi connectivity index (χ1v) is 9.50. The lowest BCUT2D eigenvalue weighted by molar-refractivity contribution is -0.147. The van der Waals surface area contributed by atoms with Crippen LogP contribution in [-0.2, 0) is 16.0 Å². The van der Waals surface area contributed by atoms with Gasteiger partial charge in [-0.05, 0) is 49.9 Å². The van der Waals surface area contributed by atoms with Crippen LogP contribution in [0.1, 0.15) is 43.9 Å². The lowest BCUT2D eigenvalue weighted by atomic mass is 10.0. The van der Waals surface area contributed by atoms with Crippen LogP contribution in [0.15, 0.2) is 54.6 Å². The number of amides is 2. The molecule has 6 heteroatoms. The van der Waals surface area contributed by atoms with Crippen LogP contribution in [0.4, 0.5) is 4.79 Å². The number of nitrogens with one attached hydrogen (secondary N) is 2. The summed E-state index contributed by atoms with van der Waals surface area (Å²) in [6.07, 6.45) is 1.44. The number of carbonyl (C=O) groups is 2. The highest BCUT2D eigenvalue weighted by Gasteiger charge is 2.19. The molecule has 3 N–H and O–H groups in total. The van der Waals surface area contributed by atoms with Gasteiger partial charge in [-0.3, -0.25) is 4.79 Å². The topological polar surface area (TPSA) is 87.7 Å². The molecular formula is C22H28N2O4. The lowest BCUT2D eigenvalue weighted by Crippen LogP contribution is -2.39. The van der Waals surface area contributed by atoms with Gasteiger partial charge in [-0.15, -0.1) is 0 Å². The van der Waals surface area contributed by atoms with E-state index in [9.17, 15) is 14.7 Å². The van der Waals surface area contributed by atoms with Crippen molar-refractivity contribution in [3.63, 3.8) is 0 Å². The molecule has 2 rings (SSSR count). The van der Waals surface area contributed by atoms with Gasteiger partial charge in [0.15, 0.2) is 0 Å². The highest BCUT2D eigenvalue weighted by molar-refractivity contribution is 5.76. The van der Waals surface area contributed by atoms with Gasteiger partial charge in [-0.25, -0.2) is 4.79 Å². The van der Waals surface area contributed by atoms with E-state index < -0.39 is 6.04 Å². The Morgan fingerprint density at radius 2 is 1.71 bits per heavy atom. The first-order chi connectivity index (χ1) is 13.4. The average Bonchev–Trinajstić information content (AvgIpc) is 2.66. The summed E-state index contributed by atoms with van der Waals surface area (Å²) < 4.78 is 5.21. The minimum atomic E-state index is -0.454. The maximum absolute atomic E-state index is 12.3. The van der Waals surface area contributed by atoms with Crippen molar-refractivity contribution < 1.29 is 19.4 Å². The number of ether oxygens (including phenoxy) is 1. The van der Waals surface area contributed by atoms with Crippen molar-refractivity contribution >= 4 is 12.0 Å². The fourth-order valence-electron chi connectivity index (χ4n) is 2.78. The SMILES string of the molecule is CC(C)OC(=O)CC(NC(=O)NCCCc1ccc(O)cc1)c1ccccc1. The fourth-order valence-corrected chi connectivity index (χ4v) is 2.78. The first-order valence-electron chi connectivity index (χ1n) is 9.50. The number of rotatable bonds is 9. The summed E-state index contributed by atoms with van der Waals surface area (Å²) in [5.41, 5.74) is 1.95. The summed E-state index contributed by atoms with van der Waals surface area (Å²) >= 11 is 0.